The molecular weight excluding hydrogens is 270 g/mol. The third-order valence-electron chi connectivity index (χ3n) is 3.05. The van der Waals surface area contributed by atoms with E-state index in [4.69, 9.17) is 5.73 Å². The fourth-order valence-electron chi connectivity index (χ4n) is 1.81. The van der Waals surface area contributed by atoms with Crippen molar-refractivity contribution >= 4 is 11.6 Å². The molecule has 0 heterocycles. The topological polar surface area (TPSA) is 98.3 Å². The van der Waals surface area contributed by atoms with Gasteiger partial charge in [-0.3, -0.25) is 14.9 Å². The molecule has 0 bridgehead atoms. The Labute approximate surface area is 121 Å². The van der Waals surface area contributed by atoms with Crippen LogP contribution in [0.15, 0.2) is 48.5 Å². The average molecular weight is 285 g/mol. The van der Waals surface area contributed by atoms with E-state index >= 15 is 0 Å². The highest BCUT2D eigenvalue weighted by Crippen LogP contribution is 2.12. The molecule has 0 spiro atoms. The highest BCUT2D eigenvalue weighted by atomic mass is 16.6. The van der Waals surface area contributed by atoms with Gasteiger partial charge < -0.3 is 11.1 Å². The molecule has 1 amide bonds. The molecule has 0 aliphatic heterocycles. The third kappa shape index (κ3) is 3.87. The Morgan fingerprint density at radius 3 is 2.14 bits per heavy atom. The maximum atomic E-state index is 11.9. The quantitative estimate of drug-likeness (QED) is 0.648. The lowest BCUT2D eigenvalue weighted by Crippen LogP contribution is -2.22. The number of hydrogen-bond donors (Lipinski definition) is 2. The van der Waals surface area contributed by atoms with E-state index in [1.165, 1.54) is 12.1 Å². The Kier molecular flexibility index (Phi) is 4.63. The maximum absolute atomic E-state index is 11.9. The lowest BCUT2D eigenvalue weighted by atomic mass is 10.1. The van der Waals surface area contributed by atoms with Gasteiger partial charge in [-0.2, -0.15) is 0 Å². The molecule has 0 atom stereocenters. The van der Waals surface area contributed by atoms with Gasteiger partial charge in [0.15, 0.2) is 0 Å². The summed E-state index contributed by atoms with van der Waals surface area (Å²) in [5, 5.41) is 13.3. The Hall–Kier alpha value is -2.73. The van der Waals surface area contributed by atoms with Crippen molar-refractivity contribution in [3.8, 4) is 0 Å². The van der Waals surface area contributed by atoms with E-state index in [2.05, 4.69) is 5.32 Å². The summed E-state index contributed by atoms with van der Waals surface area (Å²) >= 11 is 0. The highest BCUT2D eigenvalue weighted by Gasteiger charge is 2.07. The molecule has 6 nitrogen and oxygen atoms in total. The molecule has 0 aromatic heterocycles. The van der Waals surface area contributed by atoms with Gasteiger partial charge in [0.1, 0.15) is 0 Å². The molecule has 0 unspecified atom stereocenters. The lowest BCUT2D eigenvalue weighted by Gasteiger charge is -2.06. The van der Waals surface area contributed by atoms with Gasteiger partial charge >= 0.3 is 0 Å². The van der Waals surface area contributed by atoms with Gasteiger partial charge in [0.25, 0.3) is 11.6 Å². The second kappa shape index (κ2) is 6.62. The number of carbonyl (C=O) groups excluding carboxylic acids is 1. The molecule has 0 saturated carbocycles. The minimum absolute atomic E-state index is 0.0300. The van der Waals surface area contributed by atoms with E-state index < -0.39 is 4.92 Å². The highest BCUT2D eigenvalue weighted by molar-refractivity contribution is 5.94. The molecule has 0 aliphatic carbocycles. The summed E-state index contributed by atoms with van der Waals surface area (Å²) in [6.07, 6.45) is 0. The predicted molar refractivity (Wildman–Crippen MR) is 78.6 cm³/mol. The molecule has 108 valence electrons. The van der Waals surface area contributed by atoms with Crippen molar-refractivity contribution < 1.29 is 9.72 Å². The van der Waals surface area contributed by atoms with Gasteiger partial charge in [0, 0.05) is 30.8 Å². The van der Waals surface area contributed by atoms with Crippen LogP contribution in [0.2, 0.25) is 0 Å². The summed E-state index contributed by atoms with van der Waals surface area (Å²) in [5.74, 6) is -0.197. The number of benzene rings is 2. The molecule has 0 radical (unpaired) electrons. The van der Waals surface area contributed by atoms with Crippen LogP contribution in [0, 0.1) is 10.1 Å². The summed E-state index contributed by atoms with van der Waals surface area (Å²) in [4.78, 5) is 22.0. The molecule has 2 rings (SSSR count). The molecule has 0 aliphatic rings. The Balaban J connectivity index is 1.95. The zero-order chi connectivity index (χ0) is 15.2. The van der Waals surface area contributed by atoms with Gasteiger partial charge in [0.05, 0.1) is 4.92 Å². The van der Waals surface area contributed by atoms with Crippen LogP contribution in [0.5, 0.6) is 0 Å². The van der Waals surface area contributed by atoms with Crippen molar-refractivity contribution in [2.24, 2.45) is 5.73 Å². The summed E-state index contributed by atoms with van der Waals surface area (Å²) in [5.41, 5.74) is 7.83. The number of rotatable bonds is 5. The number of nitrogens with one attached hydrogen (secondary N) is 1. The first-order valence-corrected chi connectivity index (χ1v) is 6.40. The van der Waals surface area contributed by atoms with E-state index in [-0.39, 0.29) is 11.6 Å². The standard InChI is InChI=1S/C15H15N3O3/c16-9-11-1-5-13(6-2-11)15(19)17-10-12-3-7-14(8-4-12)18(20)21/h1-8H,9-10,16H2,(H,17,19). The number of amides is 1. The van der Waals surface area contributed by atoms with Crippen LogP contribution in [0.4, 0.5) is 5.69 Å². The Morgan fingerprint density at radius 1 is 1.05 bits per heavy atom. The summed E-state index contributed by atoms with van der Waals surface area (Å²) in [7, 11) is 0. The summed E-state index contributed by atoms with van der Waals surface area (Å²) in [6.45, 7) is 0.750. The van der Waals surface area contributed by atoms with Crippen LogP contribution in [0.1, 0.15) is 21.5 Å². The molecule has 6 heteroatoms. The van der Waals surface area contributed by atoms with E-state index in [0.717, 1.165) is 11.1 Å². The number of non-ortho nitro benzene ring substituents is 1. The van der Waals surface area contributed by atoms with Crippen molar-refractivity contribution in [1.29, 1.82) is 0 Å². The molecule has 2 aromatic rings. The first kappa shape index (κ1) is 14.7. The van der Waals surface area contributed by atoms with Crippen molar-refractivity contribution in [2.75, 3.05) is 0 Å². The Bertz CT molecular complexity index is 636. The van der Waals surface area contributed by atoms with Gasteiger partial charge in [-0.05, 0) is 23.3 Å². The van der Waals surface area contributed by atoms with E-state index in [0.29, 0.717) is 18.7 Å². The number of carbonyl (C=O) groups is 1. The normalized spacial score (nSPS) is 10.1. The zero-order valence-electron chi connectivity index (χ0n) is 11.3. The van der Waals surface area contributed by atoms with Crippen LogP contribution < -0.4 is 11.1 Å². The smallest absolute Gasteiger partial charge is 0.269 e. The van der Waals surface area contributed by atoms with Crippen LogP contribution in [-0.2, 0) is 13.1 Å². The molecular formula is C15H15N3O3. The minimum Gasteiger partial charge on any atom is -0.348 e. The second-order valence-corrected chi connectivity index (χ2v) is 4.51. The SMILES string of the molecule is NCc1ccc(C(=O)NCc2ccc([N+](=O)[O-])cc2)cc1. The molecule has 21 heavy (non-hydrogen) atoms. The van der Waals surface area contributed by atoms with Crippen molar-refractivity contribution in [2.45, 2.75) is 13.1 Å². The largest absolute Gasteiger partial charge is 0.348 e. The van der Waals surface area contributed by atoms with Crippen molar-refractivity contribution in [1.82, 2.24) is 5.32 Å². The van der Waals surface area contributed by atoms with Gasteiger partial charge in [-0.15, -0.1) is 0 Å². The van der Waals surface area contributed by atoms with E-state index in [9.17, 15) is 14.9 Å². The third-order valence-corrected chi connectivity index (χ3v) is 3.05. The number of nitro groups is 1. The van der Waals surface area contributed by atoms with E-state index in [1.807, 2.05) is 0 Å². The monoisotopic (exact) mass is 285 g/mol. The average Bonchev–Trinajstić information content (AvgIpc) is 2.53. The summed E-state index contributed by atoms with van der Waals surface area (Å²) in [6, 6.07) is 13.1. The first-order valence-electron chi connectivity index (χ1n) is 6.40. The molecule has 2 aromatic carbocycles. The number of nitro benzene ring substituents is 1. The van der Waals surface area contributed by atoms with Gasteiger partial charge in [-0.25, -0.2) is 0 Å². The van der Waals surface area contributed by atoms with Crippen LogP contribution in [0.25, 0.3) is 0 Å². The number of nitrogens with zero attached hydrogens (tertiary/aromatic N) is 1. The fraction of sp³-hybridized carbons (Fsp3) is 0.133. The second-order valence-electron chi connectivity index (χ2n) is 4.51. The fourth-order valence-corrected chi connectivity index (χ4v) is 1.81. The van der Waals surface area contributed by atoms with E-state index in [1.54, 1.807) is 36.4 Å². The Morgan fingerprint density at radius 2 is 1.62 bits per heavy atom. The van der Waals surface area contributed by atoms with Gasteiger partial charge in [0.2, 0.25) is 0 Å². The maximum Gasteiger partial charge on any atom is 0.269 e. The van der Waals surface area contributed by atoms with Crippen LogP contribution in [0.3, 0.4) is 0 Å². The zero-order valence-corrected chi connectivity index (χ0v) is 11.3. The predicted octanol–water partition coefficient (Wildman–Crippen LogP) is 1.98. The molecule has 0 fully saturated rings. The number of nitrogens with two attached hydrogens (primary N) is 1. The van der Waals surface area contributed by atoms with Crippen LogP contribution in [-0.4, -0.2) is 10.8 Å². The molecule has 3 N–H and O–H groups in total. The van der Waals surface area contributed by atoms with Crippen molar-refractivity contribution in [3.63, 3.8) is 0 Å². The van der Waals surface area contributed by atoms with Crippen molar-refractivity contribution in [3.05, 3.63) is 75.3 Å². The number of hydrogen-bond acceptors (Lipinski definition) is 4. The first-order chi connectivity index (χ1) is 10.1. The summed E-state index contributed by atoms with van der Waals surface area (Å²) < 4.78 is 0. The molecule has 0 saturated heterocycles. The minimum atomic E-state index is -0.457. The van der Waals surface area contributed by atoms with Crippen LogP contribution >= 0.6 is 0 Å². The lowest BCUT2D eigenvalue weighted by molar-refractivity contribution is -0.384. The van der Waals surface area contributed by atoms with Gasteiger partial charge in [-0.1, -0.05) is 24.3 Å².